The highest BCUT2D eigenvalue weighted by molar-refractivity contribution is 5.80. The van der Waals surface area contributed by atoms with Gasteiger partial charge in [-0.05, 0) is 49.8 Å². The molecule has 0 radical (unpaired) electrons. The molecular formula is C16H22O2. The van der Waals surface area contributed by atoms with Gasteiger partial charge in [0.25, 0.3) is 0 Å². The quantitative estimate of drug-likeness (QED) is 0.820. The Kier molecular flexibility index (Phi) is 4.71. The minimum Gasteiger partial charge on any atom is -0.478 e. The van der Waals surface area contributed by atoms with Crippen molar-refractivity contribution in [1.82, 2.24) is 0 Å². The van der Waals surface area contributed by atoms with E-state index in [9.17, 15) is 4.79 Å². The summed E-state index contributed by atoms with van der Waals surface area (Å²) in [4.78, 5) is 10.9. The van der Waals surface area contributed by atoms with E-state index in [0.717, 1.165) is 12.0 Å². The third kappa shape index (κ3) is 3.73. The van der Waals surface area contributed by atoms with E-state index in [4.69, 9.17) is 5.11 Å². The maximum Gasteiger partial charge on any atom is 0.328 e. The van der Waals surface area contributed by atoms with Crippen molar-refractivity contribution in [3.63, 3.8) is 0 Å². The number of carboxylic acids is 1. The molecule has 0 amide bonds. The number of allylic oxidation sites excluding steroid dienone is 1. The molecule has 0 fully saturated rings. The van der Waals surface area contributed by atoms with Gasteiger partial charge in [-0.3, -0.25) is 0 Å². The second kappa shape index (κ2) is 5.85. The summed E-state index contributed by atoms with van der Waals surface area (Å²) in [7, 11) is 0. The summed E-state index contributed by atoms with van der Waals surface area (Å²) < 4.78 is 0. The van der Waals surface area contributed by atoms with E-state index < -0.39 is 5.97 Å². The van der Waals surface area contributed by atoms with Crippen LogP contribution in [0.4, 0.5) is 0 Å². The molecule has 2 heteroatoms. The normalized spacial score (nSPS) is 12.0. The summed E-state index contributed by atoms with van der Waals surface area (Å²) in [5.74, 6) is -0.609. The Bertz CT molecular complexity index is 459. The maximum absolute atomic E-state index is 10.9. The van der Waals surface area contributed by atoms with Crippen LogP contribution in [-0.2, 0) is 11.2 Å². The Labute approximate surface area is 109 Å². The zero-order valence-corrected chi connectivity index (χ0v) is 11.9. The molecular weight excluding hydrogens is 224 g/mol. The third-order valence-electron chi connectivity index (χ3n) is 3.27. The van der Waals surface area contributed by atoms with Crippen LogP contribution in [0, 0.1) is 26.7 Å². The Morgan fingerprint density at radius 1 is 1.22 bits per heavy atom. The van der Waals surface area contributed by atoms with Crippen LogP contribution >= 0.6 is 0 Å². The van der Waals surface area contributed by atoms with Gasteiger partial charge >= 0.3 is 5.97 Å². The molecule has 1 aromatic carbocycles. The predicted octanol–water partition coefficient (Wildman–Crippen LogP) is 3.82. The van der Waals surface area contributed by atoms with Gasteiger partial charge in [-0.1, -0.05) is 37.1 Å². The minimum atomic E-state index is -0.860. The molecule has 0 bridgehead atoms. The average Bonchev–Trinajstić information content (AvgIpc) is 2.20. The summed E-state index contributed by atoms with van der Waals surface area (Å²) in [6, 6.07) is 4.31. The standard InChI is InChI=1S/C16H22O2/c1-10(2)14(9-16(17)18)8-15-12(4)6-11(3)7-13(15)5/h6-7,9-10H,8H2,1-5H3,(H,17,18)/b14-9-. The van der Waals surface area contributed by atoms with Crippen LogP contribution in [0.1, 0.15) is 36.1 Å². The molecule has 1 aromatic rings. The van der Waals surface area contributed by atoms with Crippen molar-refractivity contribution in [2.75, 3.05) is 0 Å². The van der Waals surface area contributed by atoms with E-state index in [2.05, 4.69) is 32.9 Å². The molecule has 0 saturated carbocycles. The van der Waals surface area contributed by atoms with Gasteiger partial charge in [-0.15, -0.1) is 0 Å². The molecule has 2 nitrogen and oxygen atoms in total. The summed E-state index contributed by atoms with van der Waals surface area (Å²) >= 11 is 0. The number of aryl methyl sites for hydroxylation is 3. The first kappa shape index (κ1) is 14.5. The fourth-order valence-electron chi connectivity index (χ4n) is 2.27. The van der Waals surface area contributed by atoms with E-state index in [1.54, 1.807) is 0 Å². The van der Waals surface area contributed by atoms with Crippen LogP contribution in [0.15, 0.2) is 23.8 Å². The number of carbonyl (C=O) groups is 1. The summed E-state index contributed by atoms with van der Waals surface area (Å²) in [6.45, 7) is 10.3. The summed E-state index contributed by atoms with van der Waals surface area (Å²) in [5, 5.41) is 8.92. The van der Waals surface area contributed by atoms with Gasteiger partial charge in [0.05, 0.1) is 0 Å². The SMILES string of the molecule is Cc1cc(C)c(C/C(=C/C(=O)O)C(C)C)c(C)c1. The maximum atomic E-state index is 10.9. The lowest BCUT2D eigenvalue weighted by atomic mass is 9.90. The minimum absolute atomic E-state index is 0.251. The van der Waals surface area contributed by atoms with Crippen LogP contribution < -0.4 is 0 Å². The van der Waals surface area contributed by atoms with Crippen molar-refractivity contribution >= 4 is 5.97 Å². The first-order valence-corrected chi connectivity index (χ1v) is 6.31. The van der Waals surface area contributed by atoms with Crippen LogP contribution in [-0.4, -0.2) is 11.1 Å². The fourth-order valence-corrected chi connectivity index (χ4v) is 2.27. The van der Waals surface area contributed by atoms with Gasteiger partial charge in [0, 0.05) is 6.08 Å². The number of rotatable bonds is 4. The zero-order chi connectivity index (χ0) is 13.9. The van der Waals surface area contributed by atoms with Gasteiger partial charge in [0.1, 0.15) is 0 Å². The van der Waals surface area contributed by atoms with Crippen molar-refractivity contribution in [2.24, 2.45) is 5.92 Å². The van der Waals surface area contributed by atoms with Crippen molar-refractivity contribution < 1.29 is 9.90 Å². The van der Waals surface area contributed by atoms with E-state index >= 15 is 0 Å². The van der Waals surface area contributed by atoms with Gasteiger partial charge in [-0.25, -0.2) is 4.79 Å². The van der Waals surface area contributed by atoms with Crippen LogP contribution in [0.2, 0.25) is 0 Å². The average molecular weight is 246 g/mol. The summed E-state index contributed by atoms with van der Waals surface area (Å²) in [6.07, 6.45) is 2.07. The van der Waals surface area contributed by atoms with Crippen molar-refractivity contribution in [2.45, 2.75) is 41.0 Å². The van der Waals surface area contributed by atoms with E-state index in [1.807, 2.05) is 13.8 Å². The summed E-state index contributed by atoms with van der Waals surface area (Å²) in [5.41, 5.74) is 5.95. The molecule has 98 valence electrons. The lowest BCUT2D eigenvalue weighted by Crippen LogP contribution is -2.05. The molecule has 0 heterocycles. The Morgan fingerprint density at radius 2 is 1.72 bits per heavy atom. The Morgan fingerprint density at radius 3 is 2.11 bits per heavy atom. The number of carboxylic acid groups (broad SMARTS) is 1. The molecule has 1 N–H and O–H groups in total. The highest BCUT2D eigenvalue weighted by atomic mass is 16.4. The van der Waals surface area contributed by atoms with Gasteiger partial charge in [0.2, 0.25) is 0 Å². The molecule has 18 heavy (non-hydrogen) atoms. The third-order valence-corrected chi connectivity index (χ3v) is 3.27. The molecule has 0 atom stereocenters. The largest absolute Gasteiger partial charge is 0.478 e. The first-order valence-electron chi connectivity index (χ1n) is 6.31. The second-order valence-electron chi connectivity index (χ2n) is 5.27. The molecule has 0 unspecified atom stereocenters. The lowest BCUT2D eigenvalue weighted by molar-refractivity contribution is -0.131. The van der Waals surface area contributed by atoms with Gasteiger partial charge < -0.3 is 5.11 Å². The highest BCUT2D eigenvalue weighted by Crippen LogP contribution is 2.23. The van der Waals surface area contributed by atoms with E-state index in [0.29, 0.717) is 0 Å². The molecule has 1 rings (SSSR count). The van der Waals surface area contributed by atoms with Crippen LogP contribution in [0.25, 0.3) is 0 Å². The molecule has 0 aliphatic heterocycles. The first-order chi connectivity index (χ1) is 8.31. The van der Waals surface area contributed by atoms with Crippen molar-refractivity contribution in [3.05, 3.63) is 46.0 Å². The number of hydrogen-bond donors (Lipinski definition) is 1. The number of hydrogen-bond acceptors (Lipinski definition) is 1. The predicted molar refractivity (Wildman–Crippen MR) is 74.9 cm³/mol. The molecule has 0 aromatic heterocycles. The molecule has 0 aliphatic carbocycles. The topological polar surface area (TPSA) is 37.3 Å². The van der Waals surface area contributed by atoms with Crippen LogP contribution in [0.3, 0.4) is 0 Å². The lowest BCUT2D eigenvalue weighted by Gasteiger charge is -2.16. The second-order valence-corrected chi connectivity index (χ2v) is 5.27. The number of aliphatic carboxylic acids is 1. The fraction of sp³-hybridized carbons (Fsp3) is 0.438. The van der Waals surface area contributed by atoms with E-state index in [1.165, 1.54) is 28.3 Å². The van der Waals surface area contributed by atoms with Gasteiger partial charge in [-0.2, -0.15) is 0 Å². The van der Waals surface area contributed by atoms with E-state index in [-0.39, 0.29) is 5.92 Å². The monoisotopic (exact) mass is 246 g/mol. The zero-order valence-electron chi connectivity index (χ0n) is 11.9. The number of benzene rings is 1. The molecule has 0 spiro atoms. The Hall–Kier alpha value is -1.57. The molecule has 0 saturated heterocycles. The smallest absolute Gasteiger partial charge is 0.328 e. The van der Waals surface area contributed by atoms with Crippen LogP contribution in [0.5, 0.6) is 0 Å². The highest BCUT2D eigenvalue weighted by Gasteiger charge is 2.11. The molecule has 0 aliphatic rings. The van der Waals surface area contributed by atoms with Gasteiger partial charge in [0.15, 0.2) is 0 Å². The van der Waals surface area contributed by atoms with Crippen molar-refractivity contribution in [3.8, 4) is 0 Å². The Balaban J connectivity index is 3.13. The van der Waals surface area contributed by atoms with Crippen molar-refractivity contribution in [1.29, 1.82) is 0 Å².